The number of nitrogens with zero attached hydrogens (tertiary/aromatic N) is 2. The molecule has 120 valence electrons. The van der Waals surface area contributed by atoms with Crippen LogP contribution >= 0.6 is 11.6 Å². The van der Waals surface area contributed by atoms with E-state index >= 15 is 0 Å². The Balaban J connectivity index is 1.79. The van der Waals surface area contributed by atoms with E-state index in [1.807, 2.05) is 30.0 Å². The van der Waals surface area contributed by atoms with Gasteiger partial charge in [-0.1, -0.05) is 17.7 Å². The summed E-state index contributed by atoms with van der Waals surface area (Å²) in [5.41, 5.74) is 4.11. The molecule has 0 unspecified atom stereocenters. The zero-order valence-corrected chi connectivity index (χ0v) is 14.3. The quantitative estimate of drug-likeness (QED) is 0.820. The van der Waals surface area contributed by atoms with Crippen LogP contribution in [0.15, 0.2) is 36.5 Å². The minimum Gasteiger partial charge on any atom is -0.338 e. The van der Waals surface area contributed by atoms with E-state index in [-0.39, 0.29) is 5.91 Å². The second kappa shape index (κ2) is 6.71. The maximum absolute atomic E-state index is 12.7. The van der Waals surface area contributed by atoms with Crippen LogP contribution in [-0.2, 0) is 0 Å². The molecule has 1 amide bonds. The number of hydrogen-bond donors (Lipinski definition) is 0. The van der Waals surface area contributed by atoms with Gasteiger partial charge in [0.05, 0.1) is 0 Å². The fourth-order valence-electron chi connectivity index (χ4n) is 3.37. The van der Waals surface area contributed by atoms with E-state index in [4.69, 9.17) is 11.6 Å². The lowest BCUT2D eigenvalue weighted by Gasteiger charge is -2.34. The molecule has 0 radical (unpaired) electrons. The van der Waals surface area contributed by atoms with Crippen molar-refractivity contribution in [2.75, 3.05) is 13.1 Å². The average molecular weight is 329 g/mol. The molecule has 1 aliphatic heterocycles. The molecule has 1 fully saturated rings. The molecule has 3 nitrogen and oxygen atoms in total. The van der Waals surface area contributed by atoms with Crippen molar-refractivity contribution in [2.24, 2.45) is 0 Å². The molecule has 23 heavy (non-hydrogen) atoms. The number of likely N-dealkylation sites (tertiary alicyclic amines) is 1. The number of aryl methyl sites for hydroxylation is 2. The van der Waals surface area contributed by atoms with Crippen molar-refractivity contribution in [1.29, 1.82) is 0 Å². The molecular formula is C19H21ClN2O. The predicted molar refractivity (Wildman–Crippen MR) is 93.0 cm³/mol. The number of rotatable bonds is 2. The van der Waals surface area contributed by atoms with Gasteiger partial charge in [-0.25, -0.2) is 0 Å². The Morgan fingerprint density at radius 2 is 2.09 bits per heavy atom. The topological polar surface area (TPSA) is 33.2 Å². The van der Waals surface area contributed by atoms with Crippen molar-refractivity contribution in [2.45, 2.75) is 32.6 Å². The summed E-state index contributed by atoms with van der Waals surface area (Å²) >= 11 is 6.06. The Morgan fingerprint density at radius 1 is 1.26 bits per heavy atom. The molecule has 0 saturated carbocycles. The van der Waals surface area contributed by atoms with Crippen LogP contribution in [0, 0.1) is 13.8 Å². The number of pyridine rings is 1. The van der Waals surface area contributed by atoms with Crippen LogP contribution in [0.2, 0.25) is 5.02 Å². The molecule has 0 aliphatic carbocycles. The lowest BCUT2D eigenvalue weighted by Crippen LogP contribution is -2.39. The maximum Gasteiger partial charge on any atom is 0.253 e. The van der Waals surface area contributed by atoms with E-state index in [1.165, 1.54) is 11.1 Å². The first-order chi connectivity index (χ1) is 11.0. The molecule has 0 N–H and O–H groups in total. The number of hydrogen-bond acceptors (Lipinski definition) is 2. The fraction of sp³-hybridized carbons (Fsp3) is 0.368. The predicted octanol–water partition coefficient (Wildman–Crippen LogP) is 4.37. The highest BCUT2D eigenvalue weighted by atomic mass is 35.5. The molecule has 0 spiro atoms. The van der Waals surface area contributed by atoms with Crippen LogP contribution in [0.5, 0.6) is 0 Å². The lowest BCUT2D eigenvalue weighted by molar-refractivity contribution is 0.0706. The van der Waals surface area contributed by atoms with Gasteiger partial charge >= 0.3 is 0 Å². The van der Waals surface area contributed by atoms with Gasteiger partial charge in [0.2, 0.25) is 0 Å². The van der Waals surface area contributed by atoms with E-state index < -0.39 is 0 Å². The smallest absolute Gasteiger partial charge is 0.253 e. The van der Waals surface area contributed by atoms with Crippen molar-refractivity contribution in [3.8, 4) is 0 Å². The van der Waals surface area contributed by atoms with Crippen molar-refractivity contribution in [3.63, 3.8) is 0 Å². The number of carbonyl (C=O) groups is 1. The summed E-state index contributed by atoms with van der Waals surface area (Å²) in [5, 5.41) is 0.766. The second-order valence-corrected chi connectivity index (χ2v) is 6.71. The van der Waals surface area contributed by atoms with Gasteiger partial charge in [-0.15, -0.1) is 0 Å². The van der Waals surface area contributed by atoms with E-state index in [0.29, 0.717) is 5.92 Å². The monoisotopic (exact) mass is 328 g/mol. The zero-order chi connectivity index (χ0) is 16.4. The van der Waals surface area contributed by atoms with Crippen LogP contribution in [0.3, 0.4) is 0 Å². The normalized spacial score (nSPS) is 18.0. The summed E-state index contributed by atoms with van der Waals surface area (Å²) in [6, 6.07) is 9.71. The summed E-state index contributed by atoms with van der Waals surface area (Å²) in [7, 11) is 0. The van der Waals surface area contributed by atoms with Crippen LogP contribution in [-0.4, -0.2) is 28.9 Å². The number of carbonyl (C=O) groups excluding carboxylic acids is 1. The highest BCUT2D eigenvalue weighted by Crippen LogP contribution is 2.31. The number of amides is 1. The first kappa shape index (κ1) is 16.0. The summed E-state index contributed by atoms with van der Waals surface area (Å²) in [4.78, 5) is 18.9. The van der Waals surface area contributed by atoms with Crippen molar-refractivity contribution < 1.29 is 4.79 Å². The summed E-state index contributed by atoms with van der Waals surface area (Å²) in [6.45, 7) is 5.59. The number of benzene rings is 1. The molecule has 3 rings (SSSR count). The van der Waals surface area contributed by atoms with Gasteiger partial charge in [0.1, 0.15) is 0 Å². The molecule has 1 saturated heterocycles. The molecule has 1 atom stereocenters. The third-order valence-corrected chi connectivity index (χ3v) is 4.76. The average Bonchev–Trinajstić information content (AvgIpc) is 2.54. The van der Waals surface area contributed by atoms with Gasteiger partial charge in [0.15, 0.2) is 0 Å². The Kier molecular flexibility index (Phi) is 4.67. The Hall–Kier alpha value is -1.87. The van der Waals surface area contributed by atoms with Gasteiger partial charge in [0.25, 0.3) is 5.91 Å². The van der Waals surface area contributed by atoms with Crippen LogP contribution in [0.25, 0.3) is 0 Å². The molecule has 1 aromatic carbocycles. The Bertz CT molecular complexity index is 729. The molecule has 4 heteroatoms. The molecule has 1 aliphatic rings. The van der Waals surface area contributed by atoms with E-state index in [0.717, 1.165) is 42.2 Å². The van der Waals surface area contributed by atoms with Gasteiger partial charge in [-0.3, -0.25) is 9.78 Å². The number of aromatic nitrogens is 1. The third kappa shape index (κ3) is 3.56. The van der Waals surface area contributed by atoms with Crippen LogP contribution in [0.1, 0.15) is 45.9 Å². The Morgan fingerprint density at radius 3 is 2.83 bits per heavy atom. The summed E-state index contributed by atoms with van der Waals surface area (Å²) < 4.78 is 0. The van der Waals surface area contributed by atoms with E-state index in [9.17, 15) is 4.79 Å². The van der Waals surface area contributed by atoms with E-state index in [2.05, 4.69) is 18.0 Å². The second-order valence-electron chi connectivity index (χ2n) is 6.28. The largest absolute Gasteiger partial charge is 0.338 e. The highest BCUT2D eigenvalue weighted by molar-refractivity contribution is 6.30. The molecular weight excluding hydrogens is 308 g/mol. The first-order valence-electron chi connectivity index (χ1n) is 8.02. The molecule has 0 bridgehead atoms. The van der Waals surface area contributed by atoms with E-state index in [1.54, 1.807) is 12.3 Å². The number of halogens is 1. The summed E-state index contributed by atoms with van der Waals surface area (Å²) in [5.74, 6) is 0.486. The van der Waals surface area contributed by atoms with Crippen molar-refractivity contribution >= 4 is 17.5 Å². The first-order valence-corrected chi connectivity index (χ1v) is 8.40. The van der Waals surface area contributed by atoms with Crippen molar-refractivity contribution in [1.82, 2.24) is 9.88 Å². The van der Waals surface area contributed by atoms with Crippen LogP contribution < -0.4 is 0 Å². The fourth-order valence-corrected chi connectivity index (χ4v) is 3.60. The van der Waals surface area contributed by atoms with Crippen molar-refractivity contribution in [3.05, 3.63) is 63.9 Å². The molecule has 2 heterocycles. The maximum atomic E-state index is 12.7. The minimum atomic E-state index is 0.104. The molecule has 1 aromatic heterocycles. The Labute approximate surface area is 142 Å². The summed E-state index contributed by atoms with van der Waals surface area (Å²) in [6.07, 6.45) is 3.84. The van der Waals surface area contributed by atoms with Gasteiger partial charge in [-0.05, 0) is 62.1 Å². The standard InChI is InChI=1S/C19H21ClN2O/c1-13-10-17(20)5-6-18(13)16-4-3-9-22(12-16)19(23)15-7-8-21-14(2)11-15/h5-8,10-11,16H,3-4,9,12H2,1-2H3/t16-/m1/s1. The third-order valence-electron chi connectivity index (χ3n) is 4.52. The van der Waals surface area contributed by atoms with Crippen LogP contribution in [0.4, 0.5) is 0 Å². The zero-order valence-electron chi connectivity index (χ0n) is 13.6. The van der Waals surface area contributed by atoms with Gasteiger partial charge in [0, 0.05) is 41.5 Å². The lowest BCUT2D eigenvalue weighted by atomic mass is 9.88. The van der Waals surface area contributed by atoms with Gasteiger partial charge < -0.3 is 4.90 Å². The van der Waals surface area contributed by atoms with Gasteiger partial charge in [-0.2, -0.15) is 0 Å². The number of piperidine rings is 1. The minimum absolute atomic E-state index is 0.104. The highest BCUT2D eigenvalue weighted by Gasteiger charge is 2.26. The SMILES string of the molecule is Cc1cc(C(=O)N2CCC[C@@H](c3ccc(Cl)cc3C)C2)ccn1. The molecule has 2 aromatic rings.